The third-order valence-electron chi connectivity index (χ3n) is 5.93. The molecule has 1 aliphatic rings. The highest BCUT2D eigenvalue weighted by Gasteiger charge is 2.44. The smallest absolute Gasteiger partial charge is 0.309 e. The number of aryl methyl sites for hydroxylation is 1. The van der Waals surface area contributed by atoms with E-state index in [0.717, 1.165) is 43.5 Å². The van der Waals surface area contributed by atoms with Crippen molar-refractivity contribution in [1.82, 2.24) is 5.32 Å². The standard InChI is InChI=1S/C25H38ClNO4/c1-24(2,3)31-22(28)20(13-17-30-4)18-25(14-5-6-15-25)23(29)27-16-7-8-19-9-11-21(26)12-10-19/h9-12,20H,5-8,13-18H2,1-4H3,(H,27,29)/t20-/m1/s1. The lowest BCUT2D eigenvalue weighted by molar-refractivity contribution is -0.162. The van der Waals surface area contributed by atoms with Gasteiger partial charge in [0.05, 0.1) is 5.92 Å². The minimum Gasteiger partial charge on any atom is -0.460 e. The Morgan fingerprint density at radius 2 is 1.81 bits per heavy atom. The van der Waals surface area contributed by atoms with E-state index in [0.29, 0.717) is 26.0 Å². The van der Waals surface area contributed by atoms with Crippen molar-refractivity contribution in [1.29, 1.82) is 0 Å². The van der Waals surface area contributed by atoms with Crippen LogP contribution in [0.1, 0.15) is 71.3 Å². The van der Waals surface area contributed by atoms with E-state index < -0.39 is 11.0 Å². The number of carbonyl (C=O) groups is 2. The average molecular weight is 452 g/mol. The first-order valence-electron chi connectivity index (χ1n) is 11.4. The molecule has 31 heavy (non-hydrogen) atoms. The number of rotatable bonds is 11. The third kappa shape index (κ3) is 8.46. The predicted molar refractivity (Wildman–Crippen MR) is 124 cm³/mol. The summed E-state index contributed by atoms with van der Waals surface area (Å²) in [5, 5.41) is 3.88. The lowest BCUT2D eigenvalue weighted by atomic mass is 9.76. The summed E-state index contributed by atoms with van der Waals surface area (Å²) in [4.78, 5) is 26.1. The molecule has 1 atom stereocenters. The molecule has 1 saturated carbocycles. The first-order valence-corrected chi connectivity index (χ1v) is 11.8. The molecule has 0 bridgehead atoms. The Morgan fingerprint density at radius 1 is 1.16 bits per heavy atom. The number of carbonyl (C=O) groups excluding carboxylic acids is 2. The predicted octanol–water partition coefficient (Wildman–Crippen LogP) is 5.33. The van der Waals surface area contributed by atoms with E-state index >= 15 is 0 Å². The molecule has 1 amide bonds. The van der Waals surface area contributed by atoms with Crippen molar-refractivity contribution in [2.75, 3.05) is 20.3 Å². The minimum absolute atomic E-state index is 0.0760. The molecule has 1 fully saturated rings. The van der Waals surface area contributed by atoms with Crippen molar-refractivity contribution < 1.29 is 19.1 Å². The number of nitrogens with one attached hydrogen (secondary N) is 1. The van der Waals surface area contributed by atoms with Gasteiger partial charge in [-0.1, -0.05) is 36.6 Å². The van der Waals surface area contributed by atoms with Crippen LogP contribution in [0.3, 0.4) is 0 Å². The number of hydrogen-bond donors (Lipinski definition) is 1. The second kappa shape index (κ2) is 11.9. The van der Waals surface area contributed by atoms with Crippen LogP contribution in [0.4, 0.5) is 0 Å². The maximum atomic E-state index is 13.2. The molecule has 174 valence electrons. The van der Waals surface area contributed by atoms with Gasteiger partial charge in [-0.3, -0.25) is 9.59 Å². The first-order chi connectivity index (χ1) is 14.6. The number of halogens is 1. The van der Waals surface area contributed by atoms with E-state index in [1.54, 1.807) is 7.11 Å². The fourth-order valence-electron chi connectivity index (χ4n) is 4.33. The Hall–Kier alpha value is -1.59. The van der Waals surface area contributed by atoms with Crippen molar-refractivity contribution >= 4 is 23.5 Å². The van der Waals surface area contributed by atoms with Gasteiger partial charge in [-0.15, -0.1) is 0 Å². The summed E-state index contributed by atoms with van der Waals surface area (Å²) in [6.45, 7) is 6.71. The van der Waals surface area contributed by atoms with E-state index in [1.807, 2.05) is 45.0 Å². The van der Waals surface area contributed by atoms with E-state index in [4.69, 9.17) is 21.1 Å². The van der Waals surface area contributed by atoms with Gasteiger partial charge in [0.1, 0.15) is 5.60 Å². The zero-order valence-electron chi connectivity index (χ0n) is 19.5. The van der Waals surface area contributed by atoms with Gasteiger partial charge in [0.15, 0.2) is 0 Å². The van der Waals surface area contributed by atoms with Crippen LogP contribution in [0.25, 0.3) is 0 Å². The summed E-state index contributed by atoms with van der Waals surface area (Å²) in [6, 6.07) is 7.81. The summed E-state index contributed by atoms with van der Waals surface area (Å²) in [6.07, 6.45) is 6.52. The molecule has 0 radical (unpaired) electrons. The Morgan fingerprint density at radius 3 is 2.39 bits per heavy atom. The minimum atomic E-state index is -0.546. The Kier molecular flexibility index (Phi) is 9.83. The van der Waals surface area contributed by atoms with E-state index in [-0.39, 0.29) is 17.8 Å². The van der Waals surface area contributed by atoms with E-state index in [2.05, 4.69) is 5.32 Å². The Bertz CT molecular complexity index is 705. The van der Waals surface area contributed by atoms with Crippen molar-refractivity contribution in [3.8, 4) is 0 Å². The van der Waals surface area contributed by atoms with E-state index in [1.165, 1.54) is 5.56 Å². The molecule has 1 N–H and O–H groups in total. The second-order valence-corrected chi connectivity index (χ2v) is 10.1. The van der Waals surface area contributed by atoms with Crippen LogP contribution in [0.15, 0.2) is 24.3 Å². The molecule has 1 aromatic carbocycles. The monoisotopic (exact) mass is 451 g/mol. The van der Waals surface area contributed by atoms with Gasteiger partial charge >= 0.3 is 5.97 Å². The van der Waals surface area contributed by atoms with Crippen molar-refractivity contribution in [2.24, 2.45) is 11.3 Å². The number of methoxy groups -OCH3 is 1. The first kappa shape index (κ1) is 25.7. The molecule has 0 aliphatic heterocycles. The van der Waals surface area contributed by atoms with Crippen LogP contribution in [0, 0.1) is 11.3 Å². The summed E-state index contributed by atoms with van der Waals surface area (Å²) in [7, 11) is 1.63. The van der Waals surface area contributed by atoms with Crippen LogP contribution in [-0.4, -0.2) is 37.7 Å². The largest absolute Gasteiger partial charge is 0.460 e. The maximum absolute atomic E-state index is 13.2. The number of benzene rings is 1. The van der Waals surface area contributed by atoms with Gasteiger partial charge in [-0.05, 0) is 77.0 Å². The van der Waals surface area contributed by atoms with Gasteiger partial charge in [-0.2, -0.15) is 0 Å². The fraction of sp³-hybridized carbons (Fsp3) is 0.680. The summed E-state index contributed by atoms with van der Waals surface area (Å²) in [5.74, 6) is -0.490. The molecule has 0 aromatic heterocycles. The van der Waals surface area contributed by atoms with Gasteiger partial charge in [0.25, 0.3) is 0 Å². The van der Waals surface area contributed by atoms with E-state index in [9.17, 15) is 9.59 Å². The number of hydrogen-bond acceptors (Lipinski definition) is 4. The molecule has 5 nitrogen and oxygen atoms in total. The molecule has 2 rings (SSSR count). The van der Waals surface area contributed by atoms with Crippen molar-refractivity contribution in [3.05, 3.63) is 34.9 Å². The van der Waals surface area contributed by atoms with Crippen LogP contribution in [0.2, 0.25) is 5.02 Å². The fourth-order valence-corrected chi connectivity index (χ4v) is 4.45. The normalized spacial score (nSPS) is 16.7. The van der Waals surface area contributed by atoms with Crippen LogP contribution in [-0.2, 0) is 25.5 Å². The molecule has 6 heteroatoms. The maximum Gasteiger partial charge on any atom is 0.309 e. The molecule has 0 heterocycles. The summed E-state index contributed by atoms with van der Waals surface area (Å²) < 4.78 is 10.9. The van der Waals surface area contributed by atoms with Gasteiger partial charge in [0, 0.05) is 30.7 Å². The van der Waals surface area contributed by atoms with Gasteiger partial charge in [0.2, 0.25) is 5.91 Å². The SMILES string of the molecule is COCC[C@H](CC1(C(=O)NCCCc2ccc(Cl)cc2)CCCC1)C(=O)OC(C)(C)C. The molecule has 0 saturated heterocycles. The molecule has 0 spiro atoms. The van der Waals surface area contributed by atoms with Crippen molar-refractivity contribution in [3.63, 3.8) is 0 Å². The molecular weight excluding hydrogens is 414 g/mol. The lowest BCUT2D eigenvalue weighted by Gasteiger charge is -2.32. The summed E-state index contributed by atoms with van der Waals surface area (Å²) >= 11 is 5.94. The molecule has 0 unspecified atom stereocenters. The highest BCUT2D eigenvalue weighted by molar-refractivity contribution is 6.30. The van der Waals surface area contributed by atoms with Gasteiger partial charge < -0.3 is 14.8 Å². The molecule has 1 aromatic rings. The zero-order chi connectivity index (χ0) is 22.9. The zero-order valence-corrected chi connectivity index (χ0v) is 20.2. The number of ether oxygens (including phenoxy) is 2. The van der Waals surface area contributed by atoms with Crippen LogP contribution < -0.4 is 5.32 Å². The molecule has 1 aliphatic carbocycles. The number of amides is 1. The van der Waals surface area contributed by atoms with Gasteiger partial charge in [-0.25, -0.2) is 0 Å². The molecular formula is C25H38ClNO4. The average Bonchev–Trinajstić information content (AvgIpc) is 3.18. The topological polar surface area (TPSA) is 64.6 Å². The lowest BCUT2D eigenvalue weighted by Crippen LogP contribution is -2.43. The second-order valence-electron chi connectivity index (χ2n) is 9.69. The van der Waals surface area contributed by atoms with Crippen LogP contribution in [0.5, 0.6) is 0 Å². The number of esters is 1. The quantitative estimate of drug-likeness (QED) is 0.364. The Labute approximate surface area is 192 Å². The van der Waals surface area contributed by atoms with Crippen molar-refractivity contribution in [2.45, 2.75) is 77.7 Å². The highest BCUT2D eigenvalue weighted by atomic mass is 35.5. The Balaban J connectivity index is 1.96. The highest BCUT2D eigenvalue weighted by Crippen LogP contribution is 2.44. The third-order valence-corrected chi connectivity index (χ3v) is 6.18. The van der Waals surface area contributed by atoms with Crippen LogP contribution >= 0.6 is 11.6 Å². The summed E-state index contributed by atoms with van der Waals surface area (Å²) in [5.41, 5.74) is 0.170.